The molecule has 1 saturated heterocycles. The molecule has 0 radical (unpaired) electrons. The van der Waals surface area contributed by atoms with Crippen LogP contribution in [0.25, 0.3) is 0 Å². The van der Waals surface area contributed by atoms with E-state index in [9.17, 15) is 27.7 Å². The Balaban J connectivity index is 0.000000181. The van der Waals surface area contributed by atoms with Crippen molar-refractivity contribution in [2.45, 2.75) is 38.3 Å². The van der Waals surface area contributed by atoms with Crippen molar-refractivity contribution in [3.63, 3.8) is 0 Å². The van der Waals surface area contributed by atoms with Crippen LogP contribution in [0.5, 0.6) is 0 Å². The van der Waals surface area contributed by atoms with Crippen molar-refractivity contribution >= 4 is 11.8 Å². The van der Waals surface area contributed by atoms with E-state index in [1.54, 1.807) is 7.05 Å². The van der Waals surface area contributed by atoms with E-state index in [2.05, 4.69) is 6.58 Å². The first-order chi connectivity index (χ1) is 11.5. The summed E-state index contributed by atoms with van der Waals surface area (Å²) in [7, 11) is 2.96. The summed E-state index contributed by atoms with van der Waals surface area (Å²) in [6, 6.07) is 0. The van der Waals surface area contributed by atoms with Crippen LogP contribution in [-0.2, 0) is 9.59 Å². The Morgan fingerprint density at radius 3 is 1.96 bits per heavy atom. The Morgan fingerprint density at radius 2 is 1.56 bits per heavy atom. The number of nitrogens with zero attached hydrogens (tertiary/aromatic N) is 3. The average molecular weight is 360 g/mol. The smallest absolute Gasteiger partial charge is 0.278 e. The number of hydrogen-bond donors (Lipinski definition) is 0. The highest BCUT2D eigenvalue weighted by molar-refractivity contribution is 6.19. The Bertz CT molecular complexity index is 609. The van der Waals surface area contributed by atoms with Gasteiger partial charge in [0.15, 0.2) is 0 Å². The van der Waals surface area contributed by atoms with Crippen LogP contribution in [0, 0.1) is 10.8 Å². The number of allylic oxidation sites excluding steroid dienone is 1. The molecule has 2 amide bonds. The van der Waals surface area contributed by atoms with E-state index in [4.69, 9.17) is 0 Å². The highest BCUT2D eigenvalue weighted by Gasteiger charge is 2.48. The number of alkyl halides is 3. The molecule has 0 saturated carbocycles. The Hall–Kier alpha value is -2.19. The summed E-state index contributed by atoms with van der Waals surface area (Å²) < 4.78 is 36.6. The molecule has 6 nitrogen and oxygen atoms in total. The summed E-state index contributed by atoms with van der Waals surface area (Å²) >= 11 is 0. The lowest BCUT2D eigenvalue weighted by molar-refractivity contribution is -0.708. The Kier molecular flexibility index (Phi) is 5.34. The first-order valence-electron chi connectivity index (χ1n) is 8.01. The minimum Gasteiger partial charge on any atom is -0.278 e. The highest BCUT2D eigenvalue weighted by Crippen LogP contribution is 2.34. The molecule has 0 aromatic rings. The molecule has 1 aliphatic carbocycles. The quantitative estimate of drug-likeness (QED) is 0.492. The first kappa shape index (κ1) is 19.1. The molecular formula is C16H21F3N3O3+. The second kappa shape index (κ2) is 6.97. The normalized spacial score (nSPS) is 24.4. The van der Waals surface area contributed by atoms with Gasteiger partial charge in [-0.3, -0.25) is 14.5 Å². The lowest BCUT2D eigenvalue weighted by Gasteiger charge is -2.24. The zero-order valence-corrected chi connectivity index (χ0v) is 14.2. The van der Waals surface area contributed by atoms with Gasteiger partial charge in [0.25, 0.3) is 11.8 Å². The molecule has 0 spiro atoms. The van der Waals surface area contributed by atoms with Crippen LogP contribution in [-0.4, -0.2) is 53.4 Å². The van der Waals surface area contributed by atoms with Gasteiger partial charge in [0.1, 0.15) is 10.8 Å². The maximum atomic E-state index is 12.2. The van der Waals surface area contributed by atoms with Gasteiger partial charge < -0.3 is 0 Å². The van der Waals surface area contributed by atoms with Crippen LogP contribution in [0.2, 0.25) is 0 Å². The van der Waals surface area contributed by atoms with Crippen molar-refractivity contribution in [2.24, 2.45) is 5.92 Å². The summed E-state index contributed by atoms with van der Waals surface area (Å²) in [5, 5.41) is 1.10. The van der Waals surface area contributed by atoms with Gasteiger partial charge in [-0.25, -0.2) is 0 Å². The standard InChI is InChI=1S/C9H11NO2.C7H10F3N2O/c1-10-8(11)6-4-2-3-5-7(6)9(10)12;1-5-3-6(7(8,9)10)4-12(13)11(5)2/h2-5H2,1H3;6H,1,3-4H2,2H3/q;+1. The number of nitroso groups, excluding NO2 is 1. The third-order valence-electron chi connectivity index (χ3n) is 4.71. The Labute approximate surface area is 143 Å². The molecule has 0 N–H and O–H groups in total. The highest BCUT2D eigenvalue weighted by atomic mass is 19.4. The van der Waals surface area contributed by atoms with Crippen LogP contribution < -0.4 is 0 Å². The number of carbonyl (C=O) groups is 2. The van der Waals surface area contributed by atoms with Crippen LogP contribution in [0.4, 0.5) is 13.2 Å². The largest absolute Gasteiger partial charge is 0.398 e. The number of amides is 2. The number of likely N-dealkylation sites (N-methyl/N-ethyl adjacent to an activating group) is 1. The molecule has 25 heavy (non-hydrogen) atoms. The molecule has 138 valence electrons. The molecule has 0 aromatic carbocycles. The second-order valence-corrected chi connectivity index (χ2v) is 6.40. The first-order valence-corrected chi connectivity index (χ1v) is 8.01. The van der Waals surface area contributed by atoms with E-state index >= 15 is 0 Å². The van der Waals surface area contributed by atoms with E-state index in [1.807, 2.05) is 0 Å². The van der Waals surface area contributed by atoms with E-state index in [0.29, 0.717) is 0 Å². The predicted octanol–water partition coefficient (Wildman–Crippen LogP) is 2.56. The van der Waals surface area contributed by atoms with E-state index < -0.39 is 18.6 Å². The van der Waals surface area contributed by atoms with Gasteiger partial charge in [-0.15, -0.1) is 5.01 Å². The zero-order valence-electron chi connectivity index (χ0n) is 14.2. The second-order valence-electron chi connectivity index (χ2n) is 6.40. The lowest BCUT2D eigenvalue weighted by atomic mass is 9.93. The van der Waals surface area contributed by atoms with Crippen LogP contribution in [0.3, 0.4) is 0 Å². The van der Waals surface area contributed by atoms with E-state index in [0.717, 1.165) is 41.8 Å². The van der Waals surface area contributed by atoms with Crippen molar-refractivity contribution < 1.29 is 27.6 Å². The molecular weight excluding hydrogens is 339 g/mol. The third kappa shape index (κ3) is 3.91. The van der Waals surface area contributed by atoms with Crippen LogP contribution in [0.15, 0.2) is 23.4 Å². The minimum absolute atomic E-state index is 0.0744. The average Bonchev–Trinajstić information content (AvgIpc) is 2.77. The van der Waals surface area contributed by atoms with Crippen molar-refractivity contribution in [1.29, 1.82) is 0 Å². The van der Waals surface area contributed by atoms with E-state index in [1.165, 1.54) is 11.9 Å². The lowest BCUT2D eigenvalue weighted by Crippen LogP contribution is -2.43. The number of carbonyl (C=O) groups excluding carboxylic acids is 2. The molecule has 1 atom stereocenters. The van der Waals surface area contributed by atoms with Gasteiger partial charge in [0.2, 0.25) is 6.54 Å². The topological polar surface area (TPSA) is 60.7 Å². The molecule has 0 bridgehead atoms. The van der Waals surface area contributed by atoms with Gasteiger partial charge in [0.05, 0.1) is 17.7 Å². The molecule has 3 aliphatic rings. The molecule has 2 heterocycles. The summed E-state index contributed by atoms with van der Waals surface area (Å²) in [6.45, 7) is 2.85. The van der Waals surface area contributed by atoms with Crippen molar-refractivity contribution in [1.82, 2.24) is 9.91 Å². The predicted molar refractivity (Wildman–Crippen MR) is 82.8 cm³/mol. The number of rotatable bonds is 0. The minimum atomic E-state index is -4.31. The summed E-state index contributed by atoms with van der Waals surface area (Å²) in [5.74, 6) is -1.74. The number of hydrogen-bond acceptors (Lipinski definition) is 3. The number of halogens is 3. The molecule has 0 aromatic heterocycles. The van der Waals surface area contributed by atoms with Gasteiger partial charge in [0, 0.05) is 24.6 Å². The number of imide groups is 1. The monoisotopic (exact) mass is 360 g/mol. The van der Waals surface area contributed by atoms with Gasteiger partial charge >= 0.3 is 6.18 Å². The fourth-order valence-corrected chi connectivity index (χ4v) is 3.04. The third-order valence-corrected chi connectivity index (χ3v) is 4.71. The Morgan fingerprint density at radius 1 is 1.08 bits per heavy atom. The zero-order chi connectivity index (χ0) is 18.9. The van der Waals surface area contributed by atoms with Crippen molar-refractivity contribution in [3.8, 4) is 0 Å². The molecule has 2 aliphatic heterocycles. The van der Waals surface area contributed by atoms with Gasteiger partial charge in [-0.1, -0.05) is 6.58 Å². The summed E-state index contributed by atoms with van der Waals surface area (Å²) in [4.78, 5) is 35.3. The van der Waals surface area contributed by atoms with Crippen molar-refractivity contribution in [3.05, 3.63) is 28.3 Å². The van der Waals surface area contributed by atoms with Gasteiger partial charge in [-0.05, 0) is 25.7 Å². The fraction of sp³-hybridized carbons (Fsp3) is 0.625. The summed E-state index contributed by atoms with van der Waals surface area (Å²) in [6.07, 6.45) is -0.822. The van der Waals surface area contributed by atoms with Crippen LogP contribution in [0.1, 0.15) is 32.1 Å². The van der Waals surface area contributed by atoms with E-state index in [-0.39, 0.29) is 28.8 Å². The maximum absolute atomic E-state index is 12.2. The van der Waals surface area contributed by atoms with Crippen molar-refractivity contribution in [2.75, 3.05) is 20.6 Å². The number of hydrazine groups is 1. The molecule has 9 heteroatoms. The maximum Gasteiger partial charge on any atom is 0.398 e. The van der Waals surface area contributed by atoms with Gasteiger partial charge in [-0.2, -0.15) is 13.2 Å². The molecule has 1 unspecified atom stereocenters. The SMILES string of the molecule is C=C1CC(C(F)(F)F)C[N+](=O)N1C.CN1C(=O)C2=C(CCCC2)C1=O. The summed E-state index contributed by atoms with van der Waals surface area (Å²) in [5.41, 5.74) is 1.74. The van der Waals surface area contributed by atoms with Crippen LogP contribution >= 0.6 is 0 Å². The molecule has 1 fully saturated rings. The fourth-order valence-electron chi connectivity index (χ4n) is 3.04. The molecule has 3 rings (SSSR count).